The van der Waals surface area contributed by atoms with Gasteiger partial charge in [0.2, 0.25) is 0 Å². The van der Waals surface area contributed by atoms with E-state index in [1.54, 1.807) is 14.2 Å². The molecule has 0 atom stereocenters. The van der Waals surface area contributed by atoms with Crippen LogP contribution in [0.4, 0.5) is 0 Å². The molecule has 3 aromatic rings. The summed E-state index contributed by atoms with van der Waals surface area (Å²) in [6, 6.07) is 14.4. The first-order valence-corrected chi connectivity index (χ1v) is 10.8. The van der Waals surface area contributed by atoms with Crippen molar-refractivity contribution in [3.63, 3.8) is 0 Å². The second-order valence-electron chi connectivity index (χ2n) is 7.97. The van der Waals surface area contributed by atoms with Crippen LogP contribution >= 0.6 is 0 Å². The first-order chi connectivity index (χ1) is 15.1. The number of ether oxygens (including phenoxy) is 2. The molecule has 162 valence electrons. The van der Waals surface area contributed by atoms with Crippen molar-refractivity contribution < 1.29 is 18.8 Å². The Hall–Kier alpha value is -3.28. The van der Waals surface area contributed by atoms with Gasteiger partial charge < -0.3 is 14.8 Å². The van der Waals surface area contributed by atoms with Crippen molar-refractivity contribution in [1.82, 2.24) is 9.88 Å². The molecule has 0 spiro atoms. The maximum Gasteiger partial charge on any atom is 0.262 e. The van der Waals surface area contributed by atoms with Crippen molar-refractivity contribution >= 4 is 5.91 Å². The summed E-state index contributed by atoms with van der Waals surface area (Å²) in [7, 11) is 3.25. The number of hydrogen-bond acceptors (Lipinski definition) is 3. The maximum atomic E-state index is 12.6. The van der Waals surface area contributed by atoms with E-state index in [4.69, 9.17) is 9.47 Å². The molecular weight excluding hydrogens is 390 g/mol. The minimum Gasteiger partial charge on any atom is -0.493 e. The zero-order chi connectivity index (χ0) is 21.8. The fraction of sp³-hybridized carbons (Fsp3) is 0.360. The molecule has 0 aliphatic carbocycles. The Bertz CT molecular complexity index is 1070. The Morgan fingerprint density at radius 1 is 1.10 bits per heavy atom. The fourth-order valence-electron chi connectivity index (χ4n) is 4.19. The summed E-state index contributed by atoms with van der Waals surface area (Å²) in [5.74, 6) is 2.67. The van der Waals surface area contributed by atoms with Crippen LogP contribution in [0, 0.1) is 6.92 Å². The molecule has 6 heteroatoms. The number of aryl methyl sites for hydroxylation is 1. The second kappa shape index (κ2) is 9.25. The first kappa shape index (κ1) is 21.0. The number of fused-ring (bicyclic) bond motifs is 1. The smallest absolute Gasteiger partial charge is 0.262 e. The van der Waals surface area contributed by atoms with Crippen LogP contribution in [0.2, 0.25) is 0 Å². The highest BCUT2D eigenvalue weighted by atomic mass is 16.5. The summed E-state index contributed by atoms with van der Waals surface area (Å²) in [6.45, 7) is 4.02. The summed E-state index contributed by atoms with van der Waals surface area (Å²) < 4.78 is 15.1. The Kier molecular flexibility index (Phi) is 6.26. The van der Waals surface area contributed by atoms with Gasteiger partial charge in [-0.15, -0.1) is 0 Å². The lowest BCUT2D eigenvalue weighted by atomic mass is 10.1. The van der Waals surface area contributed by atoms with Gasteiger partial charge in [0.25, 0.3) is 11.7 Å². The number of benzene rings is 2. The molecule has 0 fully saturated rings. The number of rotatable bonds is 8. The van der Waals surface area contributed by atoms with Gasteiger partial charge in [0.15, 0.2) is 23.7 Å². The summed E-state index contributed by atoms with van der Waals surface area (Å²) >= 11 is 0. The number of carbonyl (C=O) groups excluding carboxylic acids is 1. The third kappa shape index (κ3) is 4.58. The molecule has 0 radical (unpaired) electrons. The van der Waals surface area contributed by atoms with Gasteiger partial charge in [-0.1, -0.05) is 35.9 Å². The Labute approximate surface area is 183 Å². The highest BCUT2D eigenvalue weighted by Crippen LogP contribution is 2.27. The molecule has 6 nitrogen and oxygen atoms in total. The van der Waals surface area contributed by atoms with Gasteiger partial charge in [-0.3, -0.25) is 4.79 Å². The number of hydrogen-bond donors (Lipinski definition) is 1. The van der Waals surface area contributed by atoms with Crippen LogP contribution in [0.25, 0.3) is 11.3 Å². The second-order valence-corrected chi connectivity index (χ2v) is 7.97. The van der Waals surface area contributed by atoms with E-state index in [0.717, 1.165) is 31.4 Å². The molecule has 0 unspecified atom stereocenters. The predicted molar refractivity (Wildman–Crippen MR) is 119 cm³/mol. The summed E-state index contributed by atoms with van der Waals surface area (Å²) in [5, 5.41) is 3.05. The molecular formula is C25H30N3O3+. The monoisotopic (exact) mass is 420 g/mol. The average Bonchev–Trinajstić information content (AvgIpc) is 3.38. The topological polar surface area (TPSA) is 56.4 Å². The molecule has 2 heterocycles. The molecule has 1 aliphatic rings. The molecule has 0 saturated carbocycles. The van der Waals surface area contributed by atoms with Crippen molar-refractivity contribution in [2.45, 2.75) is 39.3 Å². The Morgan fingerprint density at radius 2 is 1.87 bits per heavy atom. The van der Waals surface area contributed by atoms with Gasteiger partial charge >= 0.3 is 0 Å². The lowest BCUT2D eigenvalue weighted by Gasteiger charge is -2.10. The SMILES string of the molecule is COc1ccc(CCNC(=O)C[n+]2cc(-c3ccc(C)cc3)n3c2CCC3)cc1OC. The summed E-state index contributed by atoms with van der Waals surface area (Å²) in [5.41, 5.74) is 4.72. The van der Waals surface area contributed by atoms with Crippen molar-refractivity contribution in [2.24, 2.45) is 0 Å². The standard InChI is InChI=1S/C25H29N3O3/c1-18-6-9-20(10-7-18)21-16-27(25-5-4-14-28(21)25)17-24(29)26-13-12-19-8-11-22(30-2)23(15-19)31-3/h6-11,15-16H,4-5,12-14,17H2,1-3H3/p+1. The zero-order valence-electron chi connectivity index (χ0n) is 18.5. The van der Waals surface area contributed by atoms with Crippen LogP contribution < -0.4 is 19.4 Å². The summed E-state index contributed by atoms with van der Waals surface area (Å²) in [4.78, 5) is 12.6. The number of carbonyl (C=O) groups is 1. The van der Waals surface area contributed by atoms with Gasteiger partial charge in [-0.25, -0.2) is 9.13 Å². The quantitative estimate of drug-likeness (QED) is 0.570. The molecule has 31 heavy (non-hydrogen) atoms. The van der Waals surface area contributed by atoms with Crippen LogP contribution in [-0.2, 0) is 30.7 Å². The first-order valence-electron chi connectivity index (χ1n) is 10.8. The fourth-order valence-corrected chi connectivity index (χ4v) is 4.19. The normalized spacial score (nSPS) is 12.5. The minimum absolute atomic E-state index is 0.0289. The molecule has 1 aliphatic heterocycles. The van der Waals surface area contributed by atoms with Crippen LogP contribution in [0.1, 0.15) is 23.4 Å². The number of amides is 1. The Balaban J connectivity index is 1.39. The number of aromatic nitrogens is 2. The average molecular weight is 421 g/mol. The van der Waals surface area contributed by atoms with E-state index in [-0.39, 0.29) is 5.91 Å². The van der Waals surface area contributed by atoms with Crippen LogP contribution in [0.3, 0.4) is 0 Å². The van der Waals surface area contributed by atoms with E-state index in [2.05, 4.69) is 51.8 Å². The molecule has 0 bridgehead atoms. The lowest BCUT2D eigenvalue weighted by molar-refractivity contribution is -0.690. The van der Waals surface area contributed by atoms with Gasteiger partial charge in [0, 0.05) is 12.1 Å². The van der Waals surface area contributed by atoms with Crippen molar-refractivity contribution in [3.05, 3.63) is 65.6 Å². The molecule has 1 aromatic heterocycles. The number of nitrogens with zero attached hydrogens (tertiary/aromatic N) is 2. The predicted octanol–water partition coefficient (Wildman–Crippen LogP) is 3.07. The Morgan fingerprint density at radius 3 is 2.61 bits per heavy atom. The van der Waals surface area contributed by atoms with E-state index in [1.165, 1.54) is 22.6 Å². The largest absolute Gasteiger partial charge is 0.493 e. The van der Waals surface area contributed by atoms with Gasteiger partial charge in [0.05, 0.1) is 27.2 Å². The number of nitrogens with one attached hydrogen (secondary N) is 1. The highest BCUT2D eigenvalue weighted by molar-refractivity contribution is 5.74. The minimum atomic E-state index is 0.0289. The highest BCUT2D eigenvalue weighted by Gasteiger charge is 2.29. The van der Waals surface area contributed by atoms with Crippen molar-refractivity contribution in [2.75, 3.05) is 20.8 Å². The molecule has 2 aromatic carbocycles. The van der Waals surface area contributed by atoms with Gasteiger partial charge in [-0.05, 0) is 37.5 Å². The maximum absolute atomic E-state index is 12.6. The molecule has 4 rings (SSSR count). The molecule has 1 N–H and O–H groups in total. The van der Waals surface area contributed by atoms with Gasteiger partial charge in [-0.2, -0.15) is 0 Å². The van der Waals surface area contributed by atoms with Crippen LogP contribution in [-0.4, -0.2) is 31.2 Å². The zero-order valence-corrected chi connectivity index (χ0v) is 18.5. The van der Waals surface area contributed by atoms with Crippen molar-refractivity contribution in [3.8, 4) is 22.8 Å². The van der Waals surface area contributed by atoms with E-state index in [0.29, 0.717) is 24.6 Å². The van der Waals surface area contributed by atoms with Crippen molar-refractivity contribution in [1.29, 1.82) is 0 Å². The van der Waals surface area contributed by atoms with Crippen LogP contribution in [0.15, 0.2) is 48.7 Å². The van der Waals surface area contributed by atoms with E-state index in [9.17, 15) is 4.79 Å². The molecule has 0 saturated heterocycles. The molecule has 1 amide bonds. The number of methoxy groups -OCH3 is 2. The third-order valence-corrected chi connectivity index (χ3v) is 5.84. The lowest BCUT2D eigenvalue weighted by Crippen LogP contribution is -2.44. The number of imidazole rings is 1. The third-order valence-electron chi connectivity index (χ3n) is 5.84. The van der Waals surface area contributed by atoms with E-state index in [1.807, 2.05) is 18.2 Å². The van der Waals surface area contributed by atoms with E-state index < -0.39 is 0 Å². The van der Waals surface area contributed by atoms with E-state index >= 15 is 0 Å². The summed E-state index contributed by atoms with van der Waals surface area (Å²) in [6.07, 6.45) is 4.98. The van der Waals surface area contributed by atoms with Gasteiger partial charge in [0.1, 0.15) is 6.20 Å². The van der Waals surface area contributed by atoms with Crippen LogP contribution in [0.5, 0.6) is 11.5 Å².